The first kappa shape index (κ1) is 16.3. The van der Waals surface area contributed by atoms with Crippen molar-refractivity contribution >= 4 is 11.8 Å². The van der Waals surface area contributed by atoms with Gasteiger partial charge >= 0.3 is 6.03 Å². The van der Waals surface area contributed by atoms with Gasteiger partial charge in [0.05, 0.1) is 11.6 Å². The second-order valence-corrected chi connectivity index (χ2v) is 6.51. The van der Waals surface area contributed by atoms with Crippen molar-refractivity contribution in [3.05, 3.63) is 11.8 Å². The molecule has 0 radical (unpaired) electrons. The number of hydrogen-bond donors (Lipinski definition) is 2. The van der Waals surface area contributed by atoms with Crippen LogP contribution in [0.3, 0.4) is 0 Å². The van der Waals surface area contributed by atoms with E-state index in [1.807, 2.05) is 19.9 Å². The van der Waals surface area contributed by atoms with Crippen LogP contribution in [0.5, 0.6) is 0 Å². The zero-order valence-corrected chi connectivity index (χ0v) is 13.5. The third-order valence-corrected chi connectivity index (χ3v) is 3.94. The van der Waals surface area contributed by atoms with Crippen LogP contribution >= 0.6 is 0 Å². The number of nitriles is 1. The highest BCUT2D eigenvalue weighted by Gasteiger charge is 2.38. The smallest absolute Gasteiger partial charge is 0.323 e. The summed E-state index contributed by atoms with van der Waals surface area (Å²) in [6.07, 6.45) is 3.24. The Morgan fingerprint density at radius 2 is 2.27 bits per heavy atom. The maximum Gasteiger partial charge on any atom is 0.323 e. The summed E-state index contributed by atoms with van der Waals surface area (Å²) in [6.45, 7) is 7.90. The van der Waals surface area contributed by atoms with E-state index in [-0.39, 0.29) is 23.9 Å². The van der Waals surface area contributed by atoms with Gasteiger partial charge in [-0.1, -0.05) is 0 Å². The van der Waals surface area contributed by atoms with Gasteiger partial charge in [-0.2, -0.15) is 10.4 Å². The SMILES string of the molecule is CC(C)n1cc(C#N)c(NC(=O)N2CCC[C@H]2C(C)(C)O)n1. The summed E-state index contributed by atoms with van der Waals surface area (Å²) in [5, 5.41) is 26.3. The average Bonchev–Trinajstić information content (AvgIpc) is 3.04. The molecule has 2 rings (SSSR count). The summed E-state index contributed by atoms with van der Waals surface area (Å²) in [5.41, 5.74) is -0.621. The minimum Gasteiger partial charge on any atom is -0.388 e. The fraction of sp³-hybridized carbons (Fsp3) is 0.667. The standard InChI is InChI=1S/C15H23N5O2/c1-10(2)20-9-11(8-16)13(18-20)17-14(21)19-7-5-6-12(19)15(3,4)22/h9-10,12,22H,5-7H2,1-4H3,(H,17,18,21)/t12-/m0/s1. The number of likely N-dealkylation sites (tertiary alicyclic amines) is 1. The topological polar surface area (TPSA) is 94.2 Å². The number of aromatic nitrogens is 2. The van der Waals surface area contributed by atoms with E-state index in [4.69, 9.17) is 5.26 Å². The van der Waals surface area contributed by atoms with Crippen LogP contribution in [-0.2, 0) is 0 Å². The Morgan fingerprint density at radius 1 is 1.59 bits per heavy atom. The summed E-state index contributed by atoms with van der Waals surface area (Å²) in [7, 11) is 0. The minimum atomic E-state index is -0.955. The molecule has 1 atom stereocenters. The van der Waals surface area contributed by atoms with E-state index in [1.165, 1.54) is 0 Å². The van der Waals surface area contributed by atoms with Gasteiger partial charge in [0.2, 0.25) is 0 Å². The second-order valence-electron chi connectivity index (χ2n) is 6.51. The van der Waals surface area contributed by atoms with E-state index in [2.05, 4.69) is 10.4 Å². The number of hydrogen-bond acceptors (Lipinski definition) is 4. The minimum absolute atomic E-state index is 0.105. The monoisotopic (exact) mass is 305 g/mol. The molecule has 1 fully saturated rings. The van der Waals surface area contributed by atoms with Gasteiger partial charge in [-0.15, -0.1) is 0 Å². The number of carbonyl (C=O) groups excluding carboxylic acids is 1. The predicted octanol–water partition coefficient (Wildman–Crippen LogP) is 2.10. The Bertz CT molecular complexity index is 594. The molecule has 7 heteroatoms. The lowest BCUT2D eigenvalue weighted by atomic mass is 9.97. The quantitative estimate of drug-likeness (QED) is 0.894. The van der Waals surface area contributed by atoms with Gasteiger partial charge in [-0.3, -0.25) is 10.00 Å². The summed E-state index contributed by atoms with van der Waals surface area (Å²) >= 11 is 0. The maximum atomic E-state index is 12.5. The number of carbonyl (C=O) groups is 1. The van der Waals surface area contributed by atoms with Crippen LogP contribution in [0.2, 0.25) is 0 Å². The van der Waals surface area contributed by atoms with Gasteiger partial charge in [0, 0.05) is 18.8 Å². The maximum absolute atomic E-state index is 12.5. The van der Waals surface area contributed by atoms with Crippen LogP contribution in [-0.4, -0.2) is 44.0 Å². The zero-order chi connectivity index (χ0) is 16.5. The van der Waals surface area contributed by atoms with E-state index in [1.54, 1.807) is 29.6 Å². The van der Waals surface area contributed by atoms with E-state index in [9.17, 15) is 9.90 Å². The molecule has 120 valence electrons. The molecule has 7 nitrogen and oxygen atoms in total. The molecule has 0 saturated carbocycles. The van der Waals surface area contributed by atoms with Crippen molar-refractivity contribution in [2.24, 2.45) is 0 Å². The second kappa shape index (κ2) is 5.97. The number of nitrogens with one attached hydrogen (secondary N) is 1. The molecule has 1 aromatic rings. The highest BCUT2D eigenvalue weighted by atomic mass is 16.3. The first-order chi connectivity index (χ1) is 10.2. The third kappa shape index (κ3) is 3.22. The molecule has 0 aromatic carbocycles. The van der Waals surface area contributed by atoms with Crippen LogP contribution in [0.15, 0.2) is 6.20 Å². The molecule has 0 unspecified atom stereocenters. The lowest BCUT2D eigenvalue weighted by Gasteiger charge is -2.33. The van der Waals surface area contributed by atoms with E-state index in [0.29, 0.717) is 12.1 Å². The van der Waals surface area contributed by atoms with E-state index < -0.39 is 5.60 Å². The Balaban J connectivity index is 2.17. The number of nitrogens with zero attached hydrogens (tertiary/aromatic N) is 4. The number of urea groups is 1. The molecule has 0 spiro atoms. The summed E-state index contributed by atoms with van der Waals surface area (Å²) in [4.78, 5) is 14.1. The van der Waals surface area contributed by atoms with Crippen molar-refractivity contribution < 1.29 is 9.90 Å². The predicted molar refractivity (Wildman–Crippen MR) is 82.4 cm³/mol. The van der Waals surface area contributed by atoms with Gasteiger partial charge in [0.1, 0.15) is 11.6 Å². The molecule has 22 heavy (non-hydrogen) atoms. The van der Waals surface area contributed by atoms with Crippen molar-refractivity contribution in [1.82, 2.24) is 14.7 Å². The fourth-order valence-corrected chi connectivity index (χ4v) is 2.75. The van der Waals surface area contributed by atoms with Crippen molar-refractivity contribution in [2.45, 2.75) is 58.2 Å². The molecular formula is C15H23N5O2. The van der Waals surface area contributed by atoms with E-state index >= 15 is 0 Å². The van der Waals surface area contributed by atoms with Crippen molar-refractivity contribution in [1.29, 1.82) is 5.26 Å². The first-order valence-electron chi connectivity index (χ1n) is 7.53. The largest absolute Gasteiger partial charge is 0.388 e. The lowest BCUT2D eigenvalue weighted by Crippen LogP contribution is -2.49. The van der Waals surface area contributed by atoms with Gasteiger partial charge in [0.15, 0.2) is 5.82 Å². The van der Waals surface area contributed by atoms with Crippen molar-refractivity contribution in [2.75, 3.05) is 11.9 Å². The molecule has 2 N–H and O–H groups in total. The van der Waals surface area contributed by atoms with Crippen LogP contribution in [0, 0.1) is 11.3 Å². The van der Waals surface area contributed by atoms with Crippen LogP contribution < -0.4 is 5.32 Å². The van der Waals surface area contributed by atoms with Crippen LogP contribution in [0.1, 0.15) is 52.1 Å². The van der Waals surface area contributed by atoms with Crippen molar-refractivity contribution in [3.8, 4) is 6.07 Å². The lowest BCUT2D eigenvalue weighted by molar-refractivity contribution is 0.0117. The molecule has 2 amide bonds. The molecule has 2 heterocycles. The molecule has 0 aliphatic carbocycles. The summed E-state index contributed by atoms with van der Waals surface area (Å²) < 4.78 is 1.64. The Hall–Kier alpha value is -2.07. The fourth-order valence-electron chi connectivity index (χ4n) is 2.75. The molecule has 1 aliphatic rings. The molecule has 1 aliphatic heterocycles. The van der Waals surface area contributed by atoms with Gasteiger partial charge in [-0.25, -0.2) is 4.79 Å². The number of anilines is 1. The summed E-state index contributed by atoms with van der Waals surface area (Å²) in [5.74, 6) is 0.266. The van der Waals surface area contributed by atoms with Gasteiger partial charge in [0.25, 0.3) is 0 Å². The Kier molecular flexibility index (Phi) is 4.42. The first-order valence-corrected chi connectivity index (χ1v) is 7.53. The zero-order valence-electron chi connectivity index (χ0n) is 13.5. The van der Waals surface area contributed by atoms with E-state index in [0.717, 1.165) is 12.8 Å². The number of aliphatic hydroxyl groups is 1. The molecule has 0 bridgehead atoms. The van der Waals surface area contributed by atoms with Crippen molar-refractivity contribution in [3.63, 3.8) is 0 Å². The highest BCUT2D eigenvalue weighted by molar-refractivity contribution is 5.90. The Labute approximate surface area is 130 Å². The van der Waals surface area contributed by atoms with Crippen LogP contribution in [0.25, 0.3) is 0 Å². The number of rotatable bonds is 3. The number of amides is 2. The highest BCUT2D eigenvalue weighted by Crippen LogP contribution is 2.27. The molecule has 1 aromatic heterocycles. The van der Waals surface area contributed by atoms with Gasteiger partial charge in [-0.05, 0) is 40.5 Å². The third-order valence-electron chi connectivity index (χ3n) is 3.94. The Morgan fingerprint density at radius 3 is 2.82 bits per heavy atom. The molecule has 1 saturated heterocycles. The van der Waals surface area contributed by atoms with Gasteiger partial charge < -0.3 is 10.0 Å². The van der Waals surface area contributed by atoms with Crippen LogP contribution in [0.4, 0.5) is 10.6 Å². The average molecular weight is 305 g/mol. The normalized spacial score (nSPS) is 18.6. The molecular weight excluding hydrogens is 282 g/mol. The summed E-state index contributed by atoms with van der Waals surface area (Å²) in [6, 6.07) is 1.59.